The third-order valence-corrected chi connectivity index (χ3v) is 4.19. The van der Waals surface area contributed by atoms with Crippen LogP contribution in [0.15, 0.2) is 52.9 Å². The van der Waals surface area contributed by atoms with E-state index in [1.54, 1.807) is 13.0 Å². The third-order valence-electron chi connectivity index (χ3n) is 4.19. The minimum absolute atomic E-state index is 0.0381. The van der Waals surface area contributed by atoms with Gasteiger partial charge in [-0.2, -0.15) is 13.2 Å². The van der Waals surface area contributed by atoms with Gasteiger partial charge in [0.15, 0.2) is 12.5 Å². The molecule has 3 rings (SSSR count). The highest BCUT2D eigenvalue weighted by Gasteiger charge is 2.39. The van der Waals surface area contributed by atoms with Crippen LogP contribution in [0.3, 0.4) is 0 Å². The molecular formula is C17H14F3N5O3. The molecule has 11 heteroatoms. The molecule has 0 spiro atoms. The first-order chi connectivity index (χ1) is 13.2. The minimum atomic E-state index is -4.62. The van der Waals surface area contributed by atoms with Gasteiger partial charge >= 0.3 is 6.18 Å². The van der Waals surface area contributed by atoms with Gasteiger partial charge in [-0.15, -0.1) is 0 Å². The highest BCUT2D eigenvalue weighted by Crippen LogP contribution is 2.38. The number of aryl methyl sites for hydroxylation is 1. The molecule has 1 heterocycles. The Morgan fingerprint density at radius 1 is 1.21 bits per heavy atom. The standard InChI is InChI=1S/C17H14F3N5O3/c1-11-8-12(6-7-14(11)25(27)28)9-23-16(10-26)24(22-21-23)15-5-3-2-4-13(15)17(18,19)20/h2-8,10,16H,9H2,1H3. The number of nitro groups is 1. The molecular weight excluding hydrogens is 379 g/mol. The molecule has 2 aromatic rings. The molecule has 8 nitrogen and oxygen atoms in total. The summed E-state index contributed by atoms with van der Waals surface area (Å²) in [5, 5.41) is 20.5. The van der Waals surface area contributed by atoms with Crippen molar-refractivity contribution in [3.63, 3.8) is 0 Å². The van der Waals surface area contributed by atoms with Crippen molar-refractivity contribution in [1.29, 1.82) is 0 Å². The van der Waals surface area contributed by atoms with Crippen LogP contribution in [0.5, 0.6) is 0 Å². The van der Waals surface area contributed by atoms with Crippen molar-refractivity contribution in [3.05, 3.63) is 69.3 Å². The third kappa shape index (κ3) is 3.63. The van der Waals surface area contributed by atoms with E-state index >= 15 is 0 Å². The first kappa shape index (κ1) is 19.3. The zero-order valence-electron chi connectivity index (χ0n) is 14.5. The van der Waals surface area contributed by atoms with Crippen LogP contribution in [0.25, 0.3) is 0 Å². The van der Waals surface area contributed by atoms with Crippen LogP contribution in [-0.2, 0) is 17.5 Å². The lowest BCUT2D eigenvalue weighted by Crippen LogP contribution is -2.40. The normalized spacial score (nSPS) is 16.5. The fourth-order valence-electron chi connectivity index (χ4n) is 2.89. The summed E-state index contributed by atoms with van der Waals surface area (Å²) in [5.41, 5.74) is -0.271. The zero-order valence-corrected chi connectivity index (χ0v) is 14.5. The largest absolute Gasteiger partial charge is 0.418 e. The number of halogens is 3. The van der Waals surface area contributed by atoms with E-state index in [4.69, 9.17) is 0 Å². The van der Waals surface area contributed by atoms with Gasteiger partial charge in [-0.05, 0) is 35.9 Å². The lowest BCUT2D eigenvalue weighted by atomic mass is 10.1. The maximum absolute atomic E-state index is 13.3. The van der Waals surface area contributed by atoms with E-state index in [1.165, 1.54) is 35.3 Å². The fourth-order valence-corrected chi connectivity index (χ4v) is 2.89. The van der Waals surface area contributed by atoms with E-state index in [2.05, 4.69) is 10.4 Å². The van der Waals surface area contributed by atoms with Gasteiger partial charge in [0, 0.05) is 11.6 Å². The van der Waals surface area contributed by atoms with E-state index in [0.29, 0.717) is 17.4 Å². The van der Waals surface area contributed by atoms with Crippen LogP contribution in [0.4, 0.5) is 24.5 Å². The second-order valence-corrected chi connectivity index (χ2v) is 6.06. The van der Waals surface area contributed by atoms with Gasteiger partial charge in [0.05, 0.1) is 22.7 Å². The molecule has 0 aliphatic carbocycles. The summed E-state index contributed by atoms with van der Waals surface area (Å²) >= 11 is 0. The van der Waals surface area contributed by atoms with Crippen LogP contribution in [-0.4, -0.2) is 22.4 Å². The Hall–Kier alpha value is -3.50. The zero-order chi connectivity index (χ0) is 20.5. The Balaban J connectivity index is 1.86. The maximum atomic E-state index is 13.3. The topological polar surface area (TPSA) is 91.4 Å². The molecule has 0 bridgehead atoms. The van der Waals surface area contributed by atoms with Gasteiger partial charge < -0.3 is 0 Å². The first-order valence-corrected chi connectivity index (χ1v) is 8.05. The Labute approximate surface area is 157 Å². The van der Waals surface area contributed by atoms with Crippen molar-refractivity contribution < 1.29 is 22.9 Å². The van der Waals surface area contributed by atoms with E-state index in [1.807, 2.05) is 0 Å². The highest BCUT2D eigenvalue weighted by molar-refractivity contribution is 5.67. The fraction of sp³-hybridized carbons (Fsp3) is 0.235. The number of carbonyl (C=O) groups is 1. The predicted octanol–water partition coefficient (Wildman–Crippen LogP) is 4.05. The van der Waals surface area contributed by atoms with Gasteiger partial charge in [-0.1, -0.05) is 23.4 Å². The van der Waals surface area contributed by atoms with E-state index < -0.39 is 22.8 Å². The summed E-state index contributed by atoms with van der Waals surface area (Å²) in [6, 6.07) is 9.13. The highest BCUT2D eigenvalue weighted by atomic mass is 19.4. The number of para-hydroxylation sites is 1. The number of hydrogen-bond acceptors (Lipinski definition) is 7. The van der Waals surface area contributed by atoms with Crippen LogP contribution in [0.2, 0.25) is 0 Å². The maximum Gasteiger partial charge on any atom is 0.418 e. The summed E-state index contributed by atoms with van der Waals surface area (Å²) in [4.78, 5) is 22.0. The molecule has 0 aromatic heterocycles. The Morgan fingerprint density at radius 3 is 2.54 bits per heavy atom. The number of rotatable bonds is 5. The molecule has 146 valence electrons. The van der Waals surface area contributed by atoms with Crippen molar-refractivity contribution in [3.8, 4) is 0 Å². The van der Waals surface area contributed by atoms with Crippen molar-refractivity contribution in [2.75, 3.05) is 5.01 Å². The van der Waals surface area contributed by atoms with Crippen LogP contribution >= 0.6 is 0 Å². The average molecular weight is 393 g/mol. The molecule has 2 aromatic carbocycles. The molecule has 0 saturated carbocycles. The number of anilines is 1. The summed E-state index contributed by atoms with van der Waals surface area (Å²) in [7, 11) is 0. The van der Waals surface area contributed by atoms with Gasteiger partial charge in [0.1, 0.15) is 0 Å². The van der Waals surface area contributed by atoms with E-state index in [9.17, 15) is 28.1 Å². The number of nitrogens with zero attached hydrogens (tertiary/aromatic N) is 5. The quantitative estimate of drug-likeness (QED) is 0.434. The number of carbonyl (C=O) groups excluding carboxylic acids is 1. The molecule has 28 heavy (non-hydrogen) atoms. The number of nitro benzene ring substituents is 1. The second-order valence-electron chi connectivity index (χ2n) is 6.06. The summed E-state index contributed by atoms with van der Waals surface area (Å²) in [6.45, 7) is 1.60. The molecule has 1 atom stereocenters. The molecule has 1 aliphatic heterocycles. The Morgan fingerprint density at radius 2 is 1.93 bits per heavy atom. The molecule has 1 aliphatic rings. The summed E-state index contributed by atoms with van der Waals surface area (Å²) in [5.74, 6) is 0. The smallest absolute Gasteiger partial charge is 0.299 e. The molecule has 0 radical (unpaired) electrons. The molecule has 0 fully saturated rings. The summed E-state index contributed by atoms with van der Waals surface area (Å²) in [6.07, 6.45) is -5.37. The number of benzene rings is 2. The van der Waals surface area contributed by atoms with Crippen molar-refractivity contribution in [1.82, 2.24) is 5.01 Å². The van der Waals surface area contributed by atoms with Gasteiger partial charge in [0.25, 0.3) is 5.69 Å². The van der Waals surface area contributed by atoms with E-state index in [0.717, 1.165) is 11.1 Å². The monoisotopic (exact) mass is 393 g/mol. The van der Waals surface area contributed by atoms with Crippen LogP contribution < -0.4 is 5.01 Å². The lowest BCUT2D eigenvalue weighted by Gasteiger charge is -2.25. The number of hydrogen-bond donors (Lipinski definition) is 0. The first-order valence-electron chi connectivity index (χ1n) is 8.05. The van der Waals surface area contributed by atoms with Crippen LogP contribution in [0.1, 0.15) is 16.7 Å². The molecule has 1 unspecified atom stereocenters. The van der Waals surface area contributed by atoms with E-state index in [-0.39, 0.29) is 17.9 Å². The van der Waals surface area contributed by atoms with Crippen LogP contribution in [0, 0.1) is 17.0 Å². The Kier molecular flexibility index (Phi) is 4.99. The lowest BCUT2D eigenvalue weighted by molar-refractivity contribution is -0.385. The second kappa shape index (κ2) is 7.25. The number of alkyl halides is 3. The average Bonchev–Trinajstić information content (AvgIpc) is 3.03. The molecule has 0 amide bonds. The van der Waals surface area contributed by atoms with Crippen molar-refractivity contribution in [2.45, 2.75) is 25.8 Å². The van der Waals surface area contributed by atoms with Gasteiger partial charge in [-0.25, -0.2) is 10.0 Å². The number of aldehydes is 1. The van der Waals surface area contributed by atoms with Crippen molar-refractivity contribution >= 4 is 17.7 Å². The summed E-state index contributed by atoms with van der Waals surface area (Å²) < 4.78 is 39.8. The molecule has 0 saturated heterocycles. The van der Waals surface area contributed by atoms with Crippen molar-refractivity contribution in [2.24, 2.45) is 10.4 Å². The Bertz CT molecular complexity index is 948. The van der Waals surface area contributed by atoms with Gasteiger partial charge in [-0.3, -0.25) is 14.9 Å². The molecule has 0 N–H and O–H groups in total. The minimum Gasteiger partial charge on any atom is -0.299 e. The predicted molar refractivity (Wildman–Crippen MR) is 92.0 cm³/mol. The van der Waals surface area contributed by atoms with Gasteiger partial charge in [0.2, 0.25) is 0 Å². The SMILES string of the molecule is Cc1cc(CN2N=NN(c3ccccc3C(F)(F)F)C2C=O)ccc1[N+](=O)[O-].